The zero-order valence-corrected chi connectivity index (χ0v) is 12.1. The quantitative estimate of drug-likeness (QED) is 0.445. The van der Waals surface area contributed by atoms with Crippen molar-refractivity contribution in [1.29, 1.82) is 0 Å². The van der Waals surface area contributed by atoms with Gasteiger partial charge in [0.05, 0.1) is 13.2 Å². The molecule has 0 spiro atoms. The fraction of sp³-hybridized carbons (Fsp3) is 0.733. The van der Waals surface area contributed by atoms with E-state index in [1.165, 1.54) is 11.1 Å². The molecule has 0 aromatic rings. The van der Waals surface area contributed by atoms with Crippen LogP contribution in [-0.2, 0) is 19.1 Å². The lowest BCUT2D eigenvalue weighted by Crippen LogP contribution is -2.33. The van der Waals surface area contributed by atoms with Gasteiger partial charge in [-0.3, -0.25) is 9.59 Å². The SMILES string of the molecule is CCOC(=O)C1(C(=O)OCC)C2CC(C)=C(C)CC21. The summed E-state index contributed by atoms with van der Waals surface area (Å²) in [5.74, 6) is -0.666. The van der Waals surface area contributed by atoms with E-state index >= 15 is 0 Å². The summed E-state index contributed by atoms with van der Waals surface area (Å²) in [6, 6.07) is 0. The predicted octanol–water partition coefficient (Wildman–Crippen LogP) is 2.48. The third-order valence-electron chi connectivity index (χ3n) is 4.55. The number of hydrogen-bond donors (Lipinski definition) is 0. The minimum atomic E-state index is -1.04. The molecule has 0 aromatic heterocycles. The van der Waals surface area contributed by atoms with Crippen LogP contribution in [0.2, 0.25) is 0 Å². The summed E-state index contributed by atoms with van der Waals surface area (Å²) in [5, 5.41) is 0. The number of allylic oxidation sites excluding steroid dienone is 2. The van der Waals surface area contributed by atoms with Crippen LogP contribution in [0.15, 0.2) is 11.1 Å². The lowest BCUT2D eigenvalue weighted by atomic mass is 9.94. The van der Waals surface area contributed by atoms with Gasteiger partial charge in [-0.15, -0.1) is 0 Å². The van der Waals surface area contributed by atoms with Crippen LogP contribution in [0.1, 0.15) is 40.5 Å². The van der Waals surface area contributed by atoms with Crippen LogP contribution in [-0.4, -0.2) is 25.2 Å². The van der Waals surface area contributed by atoms with E-state index in [-0.39, 0.29) is 11.8 Å². The number of fused-ring (bicyclic) bond motifs is 1. The first-order chi connectivity index (χ1) is 8.99. The van der Waals surface area contributed by atoms with E-state index in [0.29, 0.717) is 13.2 Å². The highest BCUT2D eigenvalue weighted by atomic mass is 16.6. The maximum atomic E-state index is 12.3. The van der Waals surface area contributed by atoms with Gasteiger partial charge in [0.1, 0.15) is 0 Å². The first kappa shape index (κ1) is 14.1. The molecule has 19 heavy (non-hydrogen) atoms. The molecule has 106 valence electrons. The average molecular weight is 266 g/mol. The first-order valence-corrected chi connectivity index (χ1v) is 6.99. The smallest absolute Gasteiger partial charge is 0.324 e. The Labute approximate surface area is 114 Å². The summed E-state index contributed by atoms with van der Waals surface area (Å²) < 4.78 is 10.3. The Morgan fingerprint density at radius 2 is 1.37 bits per heavy atom. The van der Waals surface area contributed by atoms with Gasteiger partial charge in [0.2, 0.25) is 0 Å². The average Bonchev–Trinajstić information content (AvgIpc) is 2.99. The second kappa shape index (κ2) is 4.99. The van der Waals surface area contributed by atoms with Crippen LogP contribution >= 0.6 is 0 Å². The van der Waals surface area contributed by atoms with Gasteiger partial charge < -0.3 is 9.47 Å². The van der Waals surface area contributed by atoms with Crippen molar-refractivity contribution in [3.8, 4) is 0 Å². The molecule has 0 N–H and O–H groups in total. The Balaban J connectivity index is 2.26. The molecule has 2 rings (SSSR count). The van der Waals surface area contributed by atoms with Crippen molar-refractivity contribution in [2.75, 3.05) is 13.2 Å². The fourth-order valence-electron chi connectivity index (χ4n) is 3.34. The maximum Gasteiger partial charge on any atom is 0.324 e. The van der Waals surface area contributed by atoms with Gasteiger partial charge in [-0.05, 0) is 52.4 Å². The molecule has 2 aliphatic rings. The minimum absolute atomic E-state index is 0.0642. The molecular formula is C15H22O4. The zero-order chi connectivity index (χ0) is 14.2. The monoisotopic (exact) mass is 266 g/mol. The third-order valence-corrected chi connectivity index (χ3v) is 4.55. The fourth-order valence-corrected chi connectivity index (χ4v) is 3.34. The second-order valence-corrected chi connectivity index (χ2v) is 5.49. The predicted molar refractivity (Wildman–Crippen MR) is 70.3 cm³/mol. The highest BCUT2D eigenvalue weighted by Gasteiger charge is 2.76. The number of carbonyl (C=O) groups excluding carboxylic acids is 2. The molecule has 0 radical (unpaired) electrons. The molecule has 4 heteroatoms. The molecule has 2 aliphatic carbocycles. The van der Waals surface area contributed by atoms with E-state index in [0.717, 1.165) is 12.8 Å². The Kier molecular flexibility index (Phi) is 3.70. The van der Waals surface area contributed by atoms with Crippen LogP contribution < -0.4 is 0 Å². The van der Waals surface area contributed by atoms with Crippen molar-refractivity contribution in [2.24, 2.45) is 17.3 Å². The van der Waals surface area contributed by atoms with Gasteiger partial charge in [0.25, 0.3) is 0 Å². The minimum Gasteiger partial charge on any atom is -0.465 e. The van der Waals surface area contributed by atoms with Gasteiger partial charge >= 0.3 is 11.9 Å². The summed E-state index contributed by atoms with van der Waals surface area (Å²) in [6.07, 6.45) is 1.60. The standard InChI is InChI=1S/C15H22O4/c1-5-18-13(16)15(14(17)19-6-2)11-7-9(3)10(4)8-12(11)15/h11-12H,5-8H2,1-4H3. The van der Waals surface area contributed by atoms with E-state index < -0.39 is 17.4 Å². The van der Waals surface area contributed by atoms with E-state index in [2.05, 4.69) is 13.8 Å². The number of carbonyl (C=O) groups is 2. The Hall–Kier alpha value is -1.32. The topological polar surface area (TPSA) is 52.6 Å². The summed E-state index contributed by atoms with van der Waals surface area (Å²) in [4.78, 5) is 24.6. The largest absolute Gasteiger partial charge is 0.465 e. The van der Waals surface area contributed by atoms with Crippen LogP contribution in [0, 0.1) is 17.3 Å². The summed E-state index contributed by atoms with van der Waals surface area (Å²) >= 11 is 0. The lowest BCUT2D eigenvalue weighted by Gasteiger charge is -2.14. The van der Waals surface area contributed by atoms with Crippen molar-refractivity contribution in [3.63, 3.8) is 0 Å². The van der Waals surface area contributed by atoms with E-state index in [1.807, 2.05) is 0 Å². The van der Waals surface area contributed by atoms with E-state index in [9.17, 15) is 9.59 Å². The maximum absolute atomic E-state index is 12.3. The van der Waals surface area contributed by atoms with Gasteiger partial charge in [-0.2, -0.15) is 0 Å². The van der Waals surface area contributed by atoms with Gasteiger partial charge in [-0.1, -0.05) is 11.1 Å². The van der Waals surface area contributed by atoms with Crippen molar-refractivity contribution in [3.05, 3.63) is 11.1 Å². The number of esters is 2. The Morgan fingerprint density at radius 3 is 1.68 bits per heavy atom. The van der Waals surface area contributed by atoms with Gasteiger partial charge in [0, 0.05) is 0 Å². The molecular weight excluding hydrogens is 244 g/mol. The Bertz CT molecular complexity index is 395. The molecule has 0 saturated heterocycles. The van der Waals surface area contributed by atoms with Crippen molar-refractivity contribution in [1.82, 2.24) is 0 Å². The summed E-state index contributed by atoms with van der Waals surface area (Å²) in [7, 11) is 0. The third kappa shape index (κ3) is 1.97. The number of rotatable bonds is 4. The van der Waals surface area contributed by atoms with Crippen LogP contribution in [0.5, 0.6) is 0 Å². The molecule has 4 nitrogen and oxygen atoms in total. The normalized spacial score (nSPS) is 27.6. The second-order valence-electron chi connectivity index (χ2n) is 5.49. The van der Waals surface area contributed by atoms with Crippen molar-refractivity contribution in [2.45, 2.75) is 40.5 Å². The highest BCUT2D eigenvalue weighted by molar-refractivity contribution is 6.05. The zero-order valence-electron chi connectivity index (χ0n) is 12.1. The lowest BCUT2D eigenvalue weighted by molar-refractivity contribution is -0.165. The number of ether oxygens (including phenoxy) is 2. The first-order valence-electron chi connectivity index (χ1n) is 6.99. The summed E-state index contributed by atoms with van der Waals surface area (Å²) in [5.41, 5.74) is 1.54. The van der Waals surface area contributed by atoms with Gasteiger partial charge in [-0.25, -0.2) is 0 Å². The molecule has 0 aliphatic heterocycles. The molecule has 1 saturated carbocycles. The molecule has 0 heterocycles. The van der Waals surface area contributed by atoms with Crippen LogP contribution in [0.25, 0.3) is 0 Å². The Morgan fingerprint density at radius 1 is 1.00 bits per heavy atom. The van der Waals surface area contributed by atoms with Crippen LogP contribution in [0.4, 0.5) is 0 Å². The van der Waals surface area contributed by atoms with Crippen molar-refractivity contribution >= 4 is 11.9 Å². The molecule has 1 fully saturated rings. The molecule has 0 bridgehead atoms. The van der Waals surface area contributed by atoms with E-state index in [4.69, 9.17) is 9.47 Å². The highest BCUT2D eigenvalue weighted by Crippen LogP contribution is 2.67. The molecule has 0 aromatic carbocycles. The molecule has 2 atom stereocenters. The number of hydrogen-bond acceptors (Lipinski definition) is 4. The van der Waals surface area contributed by atoms with Gasteiger partial charge in [0.15, 0.2) is 5.41 Å². The summed E-state index contributed by atoms with van der Waals surface area (Å²) in [6.45, 7) is 8.26. The van der Waals surface area contributed by atoms with E-state index in [1.54, 1.807) is 13.8 Å². The molecule has 0 amide bonds. The van der Waals surface area contributed by atoms with Crippen LogP contribution in [0.3, 0.4) is 0 Å². The molecule has 2 unspecified atom stereocenters. The van der Waals surface area contributed by atoms with Crippen molar-refractivity contribution < 1.29 is 19.1 Å².